The number of carbonyl (C=O) groups excluding carboxylic acids is 2. The molecule has 0 spiro atoms. The Morgan fingerprint density at radius 2 is 1.90 bits per heavy atom. The minimum absolute atomic E-state index is 0.0554. The number of hydrogen-bond donors (Lipinski definition) is 1. The monoisotopic (exact) mass is 472 g/mol. The Hall–Kier alpha value is -2.38. The molecule has 0 aliphatic carbocycles. The fourth-order valence-electron chi connectivity index (χ4n) is 4.27. The van der Waals surface area contributed by atoms with Gasteiger partial charge in [0, 0.05) is 42.4 Å². The number of hydrogen-bond acceptors (Lipinski definition) is 4. The maximum absolute atomic E-state index is 13.5. The van der Waals surface area contributed by atoms with Gasteiger partial charge in [0.05, 0.1) is 18.2 Å². The molecule has 2 aromatic carbocycles. The molecule has 30 heavy (non-hydrogen) atoms. The lowest BCUT2D eigenvalue weighted by Crippen LogP contribution is -2.44. The van der Waals surface area contributed by atoms with E-state index in [4.69, 9.17) is 9.47 Å². The first-order valence-corrected chi connectivity index (χ1v) is 11.0. The molecule has 2 aliphatic rings. The smallest absolute Gasteiger partial charge is 0.235 e. The first-order chi connectivity index (χ1) is 14.5. The van der Waals surface area contributed by atoms with Crippen LogP contribution in [0.1, 0.15) is 31.2 Å². The lowest BCUT2D eigenvalue weighted by Gasteiger charge is -2.36. The summed E-state index contributed by atoms with van der Waals surface area (Å²) in [6, 6.07) is 13.4. The van der Waals surface area contributed by atoms with Gasteiger partial charge < -0.3 is 19.7 Å². The van der Waals surface area contributed by atoms with Crippen LogP contribution >= 0.6 is 15.9 Å². The molecule has 6 nitrogen and oxygen atoms in total. The van der Waals surface area contributed by atoms with E-state index in [1.165, 1.54) is 0 Å². The van der Waals surface area contributed by atoms with Crippen molar-refractivity contribution in [2.75, 3.05) is 37.1 Å². The Morgan fingerprint density at radius 1 is 1.17 bits per heavy atom. The van der Waals surface area contributed by atoms with Crippen molar-refractivity contribution in [3.05, 3.63) is 52.5 Å². The fourth-order valence-corrected chi connectivity index (χ4v) is 4.53. The maximum Gasteiger partial charge on any atom is 0.235 e. The Labute approximate surface area is 184 Å². The van der Waals surface area contributed by atoms with E-state index >= 15 is 0 Å². The average molecular weight is 473 g/mol. The fraction of sp³-hybridized carbons (Fsp3) is 0.391. The molecule has 2 aromatic rings. The second kappa shape index (κ2) is 8.78. The highest BCUT2D eigenvalue weighted by Gasteiger charge is 2.41. The minimum Gasteiger partial charge on any atom is -0.494 e. The number of rotatable bonds is 5. The van der Waals surface area contributed by atoms with E-state index in [1.807, 2.05) is 36.4 Å². The molecular weight excluding hydrogens is 448 g/mol. The van der Waals surface area contributed by atoms with Gasteiger partial charge in [-0.05, 0) is 49.1 Å². The molecule has 158 valence electrons. The quantitative estimate of drug-likeness (QED) is 0.705. The standard InChI is InChI=1S/C23H25BrN2O4/c1-29-20-15-18(8-9-19(20)26-12-2-3-21(26)27)25-22(28)23(10-13-30-14-11-23)16-4-6-17(24)7-5-16/h4-9,15H,2-3,10-14H2,1H3,(H,25,28). The van der Waals surface area contributed by atoms with Crippen molar-refractivity contribution in [3.63, 3.8) is 0 Å². The second-order valence-corrected chi connectivity index (χ2v) is 8.61. The number of anilines is 2. The van der Waals surface area contributed by atoms with Gasteiger partial charge in [-0.2, -0.15) is 0 Å². The summed E-state index contributed by atoms with van der Waals surface area (Å²) in [5.41, 5.74) is 1.73. The molecule has 0 saturated carbocycles. The van der Waals surface area contributed by atoms with Crippen LogP contribution in [0.25, 0.3) is 0 Å². The van der Waals surface area contributed by atoms with E-state index in [9.17, 15) is 9.59 Å². The van der Waals surface area contributed by atoms with Gasteiger partial charge in [-0.15, -0.1) is 0 Å². The normalized spacial score (nSPS) is 18.3. The third-order valence-corrected chi connectivity index (χ3v) is 6.51. The zero-order valence-electron chi connectivity index (χ0n) is 16.9. The Morgan fingerprint density at radius 3 is 2.53 bits per heavy atom. The van der Waals surface area contributed by atoms with Gasteiger partial charge in [0.25, 0.3) is 0 Å². The Bertz CT molecular complexity index is 939. The van der Waals surface area contributed by atoms with Crippen LogP contribution in [0.2, 0.25) is 0 Å². The third kappa shape index (κ3) is 3.96. The van der Waals surface area contributed by atoms with Crippen LogP contribution in [0.15, 0.2) is 46.9 Å². The summed E-state index contributed by atoms with van der Waals surface area (Å²) < 4.78 is 12.0. The van der Waals surface area contributed by atoms with Crippen LogP contribution in [0.3, 0.4) is 0 Å². The molecule has 2 fully saturated rings. The summed E-state index contributed by atoms with van der Waals surface area (Å²) in [7, 11) is 1.58. The number of benzene rings is 2. The molecular formula is C23H25BrN2O4. The Balaban J connectivity index is 1.61. The van der Waals surface area contributed by atoms with Crippen molar-refractivity contribution in [3.8, 4) is 5.75 Å². The van der Waals surface area contributed by atoms with E-state index in [0.29, 0.717) is 50.5 Å². The summed E-state index contributed by atoms with van der Waals surface area (Å²) in [5, 5.41) is 3.08. The highest BCUT2D eigenvalue weighted by Crippen LogP contribution is 2.38. The largest absolute Gasteiger partial charge is 0.494 e. The van der Waals surface area contributed by atoms with Crippen molar-refractivity contribution < 1.29 is 19.1 Å². The summed E-state index contributed by atoms with van der Waals surface area (Å²) in [5.74, 6) is 0.620. The highest BCUT2D eigenvalue weighted by atomic mass is 79.9. The zero-order chi connectivity index (χ0) is 21.1. The predicted octanol–water partition coefficient (Wildman–Crippen LogP) is 4.27. The van der Waals surface area contributed by atoms with Crippen LogP contribution in [0, 0.1) is 0 Å². The Kier molecular flexibility index (Phi) is 6.11. The first kappa shape index (κ1) is 20.9. The van der Waals surface area contributed by atoms with Crippen LogP contribution in [0.4, 0.5) is 11.4 Å². The van der Waals surface area contributed by atoms with Crippen molar-refractivity contribution in [2.45, 2.75) is 31.1 Å². The molecule has 0 bridgehead atoms. The van der Waals surface area contributed by atoms with E-state index in [-0.39, 0.29) is 11.8 Å². The number of carbonyl (C=O) groups is 2. The maximum atomic E-state index is 13.5. The molecule has 0 atom stereocenters. The molecule has 2 amide bonds. The lowest BCUT2D eigenvalue weighted by atomic mass is 9.73. The number of ether oxygens (including phenoxy) is 2. The van der Waals surface area contributed by atoms with Crippen molar-refractivity contribution in [1.82, 2.24) is 0 Å². The van der Waals surface area contributed by atoms with Gasteiger partial charge in [0.2, 0.25) is 11.8 Å². The number of amides is 2. The van der Waals surface area contributed by atoms with Crippen LogP contribution < -0.4 is 15.0 Å². The van der Waals surface area contributed by atoms with Gasteiger partial charge in [-0.3, -0.25) is 9.59 Å². The number of methoxy groups -OCH3 is 1. The van der Waals surface area contributed by atoms with Gasteiger partial charge in [0.15, 0.2) is 0 Å². The second-order valence-electron chi connectivity index (χ2n) is 7.69. The average Bonchev–Trinajstić information content (AvgIpc) is 3.20. The van der Waals surface area contributed by atoms with E-state index in [2.05, 4.69) is 21.2 Å². The van der Waals surface area contributed by atoms with Gasteiger partial charge in [-0.1, -0.05) is 28.1 Å². The summed E-state index contributed by atoms with van der Waals surface area (Å²) >= 11 is 3.47. The van der Waals surface area contributed by atoms with Crippen molar-refractivity contribution in [2.24, 2.45) is 0 Å². The predicted molar refractivity (Wildman–Crippen MR) is 119 cm³/mol. The van der Waals surface area contributed by atoms with Crippen molar-refractivity contribution >= 4 is 39.1 Å². The molecule has 0 radical (unpaired) electrons. The lowest BCUT2D eigenvalue weighted by molar-refractivity contribution is -0.125. The van der Waals surface area contributed by atoms with Gasteiger partial charge in [-0.25, -0.2) is 0 Å². The topological polar surface area (TPSA) is 67.9 Å². The molecule has 2 saturated heterocycles. The first-order valence-electron chi connectivity index (χ1n) is 10.2. The minimum atomic E-state index is -0.643. The van der Waals surface area contributed by atoms with Crippen LogP contribution in [-0.4, -0.2) is 38.7 Å². The van der Waals surface area contributed by atoms with Crippen LogP contribution in [0.5, 0.6) is 5.75 Å². The van der Waals surface area contributed by atoms with Crippen molar-refractivity contribution in [1.29, 1.82) is 0 Å². The highest BCUT2D eigenvalue weighted by molar-refractivity contribution is 9.10. The number of nitrogens with one attached hydrogen (secondary N) is 1. The molecule has 4 rings (SSSR count). The third-order valence-electron chi connectivity index (χ3n) is 5.98. The molecule has 1 N–H and O–H groups in total. The molecule has 2 aliphatic heterocycles. The number of nitrogens with zero attached hydrogens (tertiary/aromatic N) is 1. The molecule has 0 unspecified atom stereocenters. The summed E-state index contributed by atoms with van der Waals surface area (Å²) in [6.45, 7) is 1.78. The molecule has 2 heterocycles. The SMILES string of the molecule is COc1cc(NC(=O)C2(c3ccc(Br)cc3)CCOCC2)ccc1N1CCCC1=O. The van der Waals surface area contributed by atoms with Gasteiger partial charge >= 0.3 is 0 Å². The molecule has 7 heteroatoms. The van der Waals surface area contributed by atoms with Crippen LogP contribution in [-0.2, 0) is 19.7 Å². The summed E-state index contributed by atoms with van der Waals surface area (Å²) in [4.78, 5) is 27.3. The van der Waals surface area contributed by atoms with E-state index in [1.54, 1.807) is 18.1 Å². The van der Waals surface area contributed by atoms with Gasteiger partial charge in [0.1, 0.15) is 5.75 Å². The zero-order valence-corrected chi connectivity index (χ0v) is 18.5. The molecule has 0 aromatic heterocycles. The summed E-state index contributed by atoms with van der Waals surface area (Å²) in [6.07, 6.45) is 2.65. The van der Waals surface area contributed by atoms with E-state index < -0.39 is 5.41 Å². The van der Waals surface area contributed by atoms with E-state index in [0.717, 1.165) is 22.1 Å². The number of halogens is 1.